The van der Waals surface area contributed by atoms with E-state index in [1.807, 2.05) is 19.1 Å². The summed E-state index contributed by atoms with van der Waals surface area (Å²) in [6, 6.07) is 4.07. The lowest BCUT2D eigenvalue weighted by Crippen LogP contribution is -2.31. The van der Waals surface area contributed by atoms with Gasteiger partial charge in [0, 0.05) is 28.6 Å². The first kappa shape index (κ1) is 14.1. The monoisotopic (exact) mass is 280 g/mol. The van der Waals surface area contributed by atoms with Crippen LogP contribution >= 0.6 is 11.3 Å². The Labute approximate surface area is 117 Å². The van der Waals surface area contributed by atoms with E-state index in [0.29, 0.717) is 25.4 Å². The van der Waals surface area contributed by atoms with E-state index >= 15 is 0 Å². The Morgan fingerprint density at radius 1 is 1.37 bits per heavy atom. The van der Waals surface area contributed by atoms with Crippen LogP contribution in [-0.2, 0) is 16.1 Å². The highest BCUT2D eigenvalue weighted by molar-refractivity contribution is 7.11. The van der Waals surface area contributed by atoms with E-state index in [0.717, 1.165) is 11.3 Å². The predicted octanol–water partition coefficient (Wildman–Crippen LogP) is 1.84. The van der Waals surface area contributed by atoms with Gasteiger partial charge in [-0.05, 0) is 31.4 Å². The Kier molecular flexibility index (Phi) is 4.58. The van der Waals surface area contributed by atoms with Gasteiger partial charge in [-0.25, -0.2) is 0 Å². The number of hydrogen-bond acceptors (Lipinski definition) is 3. The van der Waals surface area contributed by atoms with E-state index in [9.17, 15) is 9.59 Å². The molecule has 0 unspecified atom stereocenters. The molecule has 1 heterocycles. The highest BCUT2D eigenvalue weighted by atomic mass is 32.1. The number of carbonyl (C=O) groups is 2. The third kappa shape index (κ3) is 4.35. The molecule has 2 amide bonds. The molecule has 1 aromatic heterocycles. The van der Waals surface area contributed by atoms with Gasteiger partial charge in [-0.15, -0.1) is 11.3 Å². The number of carbonyl (C=O) groups excluding carboxylic acids is 2. The maximum atomic E-state index is 11.6. The van der Waals surface area contributed by atoms with E-state index in [4.69, 9.17) is 0 Å². The van der Waals surface area contributed by atoms with Crippen LogP contribution in [0.1, 0.15) is 29.5 Å². The summed E-state index contributed by atoms with van der Waals surface area (Å²) in [6.45, 7) is 5.12. The molecule has 1 aliphatic carbocycles. The summed E-state index contributed by atoms with van der Waals surface area (Å²) >= 11 is 1.69. The summed E-state index contributed by atoms with van der Waals surface area (Å²) in [4.78, 5) is 25.5. The van der Waals surface area contributed by atoms with Crippen molar-refractivity contribution in [1.29, 1.82) is 0 Å². The lowest BCUT2D eigenvalue weighted by Gasteiger charge is -2.05. The molecule has 1 aliphatic rings. The molecule has 0 bridgehead atoms. The molecule has 0 radical (unpaired) electrons. The van der Waals surface area contributed by atoms with Crippen molar-refractivity contribution in [3.8, 4) is 0 Å². The minimum absolute atomic E-state index is 0.0183. The molecule has 0 aliphatic heterocycles. The molecule has 0 saturated heterocycles. The third-order valence-electron chi connectivity index (χ3n) is 3.35. The molecule has 5 heteroatoms. The predicted molar refractivity (Wildman–Crippen MR) is 75.8 cm³/mol. The number of thiophene rings is 1. The first-order chi connectivity index (χ1) is 9.06. The standard InChI is InChI=1S/C14H20N2O2S/c1-9-7-12(9)14(18)15-6-5-13(17)16-8-11-4-3-10(2)19-11/h3-4,9,12H,5-8H2,1-2H3,(H,15,18)(H,16,17)/t9-,12+/m0/s1. The largest absolute Gasteiger partial charge is 0.355 e. The van der Waals surface area contributed by atoms with E-state index in [-0.39, 0.29) is 17.7 Å². The molecular formula is C14H20N2O2S. The highest BCUT2D eigenvalue weighted by Gasteiger charge is 2.38. The van der Waals surface area contributed by atoms with E-state index < -0.39 is 0 Å². The Balaban J connectivity index is 1.58. The average molecular weight is 280 g/mol. The Morgan fingerprint density at radius 3 is 2.68 bits per heavy atom. The van der Waals surface area contributed by atoms with Gasteiger partial charge in [0.05, 0.1) is 6.54 Å². The molecule has 0 spiro atoms. The van der Waals surface area contributed by atoms with Crippen molar-refractivity contribution < 1.29 is 9.59 Å². The van der Waals surface area contributed by atoms with Crippen LogP contribution in [0.4, 0.5) is 0 Å². The molecule has 4 nitrogen and oxygen atoms in total. The van der Waals surface area contributed by atoms with Gasteiger partial charge in [-0.3, -0.25) is 9.59 Å². The molecule has 1 aromatic rings. The van der Waals surface area contributed by atoms with E-state index in [1.165, 1.54) is 4.88 Å². The van der Waals surface area contributed by atoms with Crippen molar-refractivity contribution in [3.05, 3.63) is 21.9 Å². The fourth-order valence-corrected chi connectivity index (χ4v) is 2.80. The zero-order chi connectivity index (χ0) is 13.8. The highest BCUT2D eigenvalue weighted by Crippen LogP contribution is 2.37. The molecule has 104 valence electrons. The minimum atomic E-state index is -0.0183. The summed E-state index contributed by atoms with van der Waals surface area (Å²) in [5, 5.41) is 5.67. The number of nitrogens with one attached hydrogen (secondary N) is 2. The van der Waals surface area contributed by atoms with Crippen molar-refractivity contribution in [3.63, 3.8) is 0 Å². The van der Waals surface area contributed by atoms with Crippen LogP contribution in [0.2, 0.25) is 0 Å². The molecular weight excluding hydrogens is 260 g/mol. The van der Waals surface area contributed by atoms with Crippen LogP contribution in [0.5, 0.6) is 0 Å². The first-order valence-electron chi connectivity index (χ1n) is 6.66. The van der Waals surface area contributed by atoms with Crippen LogP contribution in [0, 0.1) is 18.8 Å². The number of amides is 2. The van der Waals surface area contributed by atoms with Crippen molar-refractivity contribution in [2.75, 3.05) is 6.54 Å². The van der Waals surface area contributed by atoms with Crippen LogP contribution in [0.25, 0.3) is 0 Å². The van der Waals surface area contributed by atoms with Crippen LogP contribution in [-0.4, -0.2) is 18.4 Å². The summed E-state index contributed by atoms with van der Waals surface area (Å²) in [5.74, 6) is 0.762. The number of hydrogen-bond donors (Lipinski definition) is 2. The molecule has 2 rings (SSSR count). The molecule has 1 fully saturated rings. The van der Waals surface area contributed by atoms with Gasteiger partial charge in [-0.1, -0.05) is 6.92 Å². The summed E-state index contributed by atoms with van der Waals surface area (Å²) in [7, 11) is 0. The molecule has 2 atom stereocenters. The van der Waals surface area contributed by atoms with Crippen molar-refractivity contribution in [1.82, 2.24) is 10.6 Å². The van der Waals surface area contributed by atoms with Gasteiger partial charge in [0.15, 0.2) is 0 Å². The zero-order valence-corrected chi connectivity index (χ0v) is 12.2. The SMILES string of the molecule is Cc1ccc(CNC(=O)CCNC(=O)[C@@H]2C[C@@H]2C)s1. The summed E-state index contributed by atoms with van der Waals surface area (Å²) < 4.78 is 0. The van der Waals surface area contributed by atoms with E-state index in [1.54, 1.807) is 11.3 Å². The molecule has 1 saturated carbocycles. The molecule has 2 N–H and O–H groups in total. The fourth-order valence-electron chi connectivity index (χ4n) is 1.97. The van der Waals surface area contributed by atoms with Crippen molar-refractivity contribution >= 4 is 23.2 Å². The molecule has 0 aromatic carbocycles. The normalized spacial score (nSPS) is 20.9. The van der Waals surface area contributed by atoms with Gasteiger partial charge < -0.3 is 10.6 Å². The van der Waals surface area contributed by atoms with Gasteiger partial charge >= 0.3 is 0 Å². The van der Waals surface area contributed by atoms with Crippen molar-refractivity contribution in [2.24, 2.45) is 11.8 Å². The minimum Gasteiger partial charge on any atom is -0.355 e. The zero-order valence-electron chi connectivity index (χ0n) is 11.4. The quantitative estimate of drug-likeness (QED) is 0.835. The fraction of sp³-hybridized carbons (Fsp3) is 0.571. The van der Waals surface area contributed by atoms with Crippen LogP contribution < -0.4 is 10.6 Å². The Morgan fingerprint density at radius 2 is 2.11 bits per heavy atom. The smallest absolute Gasteiger partial charge is 0.223 e. The Bertz CT molecular complexity index is 470. The average Bonchev–Trinajstić information content (AvgIpc) is 2.95. The molecule has 19 heavy (non-hydrogen) atoms. The number of rotatable bonds is 6. The maximum Gasteiger partial charge on any atom is 0.223 e. The van der Waals surface area contributed by atoms with Gasteiger partial charge in [-0.2, -0.15) is 0 Å². The second-order valence-corrected chi connectivity index (χ2v) is 6.52. The summed E-state index contributed by atoms with van der Waals surface area (Å²) in [5.41, 5.74) is 0. The van der Waals surface area contributed by atoms with Gasteiger partial charge in [0.1, 0.15) is 0 Å². The Hall–Kier alpha value is -1.36. The third-order valence-corrected chi connectivity index (χ3v) is 4.35. The maximum absolute atomic E-state index is 11.6. The topological polar surface area (TPSA) is 58.2 Å². The van der Waals surface area contributed by atoms with Crippen LogP contribution in [0.3, 0.4) is 0 Å². The van der Waals surface area contributed by atoms with Gasteiger partial charge in [0.25, 0.3) is 0 Å². The lowest BCUT2D eigenvalue weighted by molar-refractivity contribution is -0.123. The number of aryl methyl sites for hydroxylation is 1. The second kappa shape index (κ2) is 6.19. The second-order valence-electron chi connectivity index (χ2n) is 5.15. The summed E-state index contributed by atoms with van der Waals surface area (Å²) in [6.07, 6.45) is 1.33. The van der Waals surface area contributed by atoms with Crippen molar-refractivity contribution in [2.45, 2.75) is 33.2 Å². The van der Waals surface area contributed by atoms with Crippen LogP contribution in [0.15, 0.2) is 12.1 Å². The van der Waals surface area contributed by atoms with E-state index in [2.05, 4.69) is 17.6 Å². The first-order valence-corrected chi connectivity index (χ1v) is 7.47. The van der Waals surface area contributed by atoms with Gasteiger partial charge in [0.2, 0.25) is 11.8 Å². The lowest BCUT2D eigenvalue weighted by atomic mass is 10.3.